The zero-order chi connectivity index (χ0) is 14.5. The topological polar surface area (TPSA) is 61.1 Å². The van der Waals surface area contributed by atoms with Gasteiger partial charge in [0.05, 0.1) is 17.2 Å². The number of allylic oxidation sites excluding steroid dienone is 1. The average Bonchev–Trinajstić information content (AvgIpc) is 2.49. The van der Waals surface area contributed by atoms with Crippen molar-refractivity contribution >= 4 is 5.97 Å². The van der Waals surface area contributed by atoms with Crippen LogP contribution in [0.4, 0.5) is 0 Å². The zero-order valence-corrected chi connectivity index (χ0v) is 10.8. The van der Waals surface area contributed by atoms with Crippen LogP contribution < -0.4 is 0 Å². The smallest absolute Gasteiger partial charge is 0.335 e. The molecule has 1 atom stereocenters. The van der Waals surface area contributed by atoms with E-state index in [0.29, 0.717) is 5.56 Å². The standard InChI is InChI=1S/C17H13NO2/c1-2-16(13-5-3-12(11-18)4-6-13)14-7-9-15(10-8-14)17(19)20/h2-10,16H,1H2,(H,19,20). The quantitative estimate of drug-likeness (QED) is 0.858. The van der Waals surface area contributed by atoms with Crippen molar-refractivity contribution < 1.29 is 9.90 Å². The van der Waals surface area contributed by atoms with Crippen LogP contribution in [0.1, 0.15) is 33.0 Å². The van der Waals surface area contributed by atoms with Crippen molar-refractivity contribution in [2.24, 2.45) is 0 Å². The molecule has 20 heavy (non-hydrogen) atoms. The highest BCUT2D eigenvalue weighted by Gasteiger charge is 2.11. The van der Waals surface area contributed by atoms with Gasteiger partial charge in [-0.15, -0.1) is 6.58 Å². The Morgan fingerprint density at radius 1 is 1.10 bits per heavy atom. The Labute approximate surface area is 117 Å². The first kappa shape index (κ1) is 13.6. The first-order valence-electron chi connectivity index (χ1n) is 6.11. The van der Waals surface area contributed by atoms with E-state index in [1.807, 2.05) is 12.1 Å². The third-order valence-electron chi connectivity index (χ3n) is 3.15. The largest absolute Gasteiger partial charge is 0.478 e. The summed E-state index contributed by atoms with van der Waals surface area (Å²) in [7, 11) is 0. The minimum atomic E-state index is -0.940. The molecule has 0 spiro atoms. The van der Waals surface area contributed by atoms with Crippen LogP contribution in [0.3, 0.4) is 0 Å². The van der Waals surface area contributed by atoms with Crippen LogP contribution in [0.15, 0.2) is 61.2 Å². The van der Waals surface area contributed by atoms with Crippen LogP contribution in [-0.2, 0) is 0 Å². The fraction of sp³-hybridized carbons (Fsp3) is 0.0588. The number of hydrogen-bond acceptors (Lipinski definition) is 2. The second-order valence-corrected chi connectivity index (χ2v) is 4.37. The summed E-state index contributed by atoms with van der Waals surface area (Å²) in [5.74, 6) is -0.962. The van der Waals surface area contributed by atoms with E-state index in [0.717, 1.165) is 11.1 Å². The maximum atomic E-state index is 10.8. The molecule has 0 aliphatic heterocycles. The fourth-order valence-corrected chi connectivity index (χ4v) is 2.06. The Kier molecular flexibility index (Phi) is 3.97. The van der Waals surface area contributed by atoms with Gasteiger partial charge >= 0.3 is 5.97 Å². The average molecular weight is 263 g/mol. The van der Waals surface area contributed by atoms with Gasteiger partial charge in [-0.05, 0) is 35.4 Å². The van der Waals surface area contributed by atoms with E-state index >= 15 is 0 Å². The van der Waals surface area contributed by atoms with E-state index in [1.54, 1.807) is 42.5 Å². The summed E-state index contributed by atoms with van der Waals surface area (Å²) in [5.41, 5.74) is 2.85. The lowest BCUT2D eigenvalue weighted by Gasteiger charge is -2.13. The van der Waals surface area contributed by atoms with E-state index < -0.39 is 5.97 Å². The summed E-state index contributed by atoms with van der Waals surface area (Å²) in [6, 6.07) is 16.1. The van der Waals surface area contributed by atoms with Gasteiger partial charge in [0.15, 0.2) is 0 Å². The number of nitrogens with zero attached hydrogens (tertiary/aromatic N) is 1. The van der Waals surface area contributed by atoms with Crippen LogP contribution in [0, 0.1) is 11.3 Å². The lowest BCUT2D eigenvalue weighted by Crippen LogP contribution is -2.00. The Morgan fingerprint density at radius 2 is 1.60 bits per heavy atom. The Hall–Kier alpha value is -2.86. The van der Waals surface area contributed by atoms with Crippen LogP contribution in [0.25, 0.3) is 0 Å². The zero-order valence-electron chi connectivity index (χ0n) is 10.8. The van der Waals surface area contributed by atoms with Crippen LogP contribution in [0.2, 0.25) is 0 Å². The Morgan fingerprint density at radius 3 is 2.00 bits per heavy atom. The van der Waals surface area contributed by atoms with Gasteiger partial charge < -0.3 is 5.11 Å². The highest BCUT2D eigenvalue weighted by molar-refractivity contribution is 5.87. The molecule has 98 valence electrons. The lowest BCUT2D eigenvalue weighted by molar-refractivity contribution is 0.0697. The van der Waals surface area contributed by atoms with E-state index in [4.69, 9.17) is 10.4 Å². The molecule has 1 unspecified atom stereocenters. The van der Waals surface area contributed by atoms with Crippen molar-refractivity contribution in [2.45, 2.75) is 5.92 Å². The molecule has 0 amide bonds. The molecule has 0 saturated carbocycles. The van der Waals surface area contributed by atoms with Crippen molar-refractivity contribution in [3.8, 4) is 6.07 Å². The molecule has 0 saturated heterocycles. The van der Waals surface area contributed by atoms with Gasteiger partial charge in [-0.2, -0.15) is 5.26 Å². The highest BCUT2D eigenvalue weighted by atomic mass is 16.4. The lowest BCUT2D eigenvalue weighted by atomic mass is 9.90. The number of hydrogen-bond donors (Lipinski definition) is 1. The summed E-state index contributed by atoms with van der Waals surface area (Å²) < 4.78 is 0. The number of rotatable bonds is 4. The van der Waals surface area contributed by atoms with Crippen LogP contribution >= 0.6 is 0 Å². The molecule has 0 bridgehead atoms. The molecule has 0 fully saturated rings. The van der Waals surface area contributed by atoms with Crippen LogP contribution in [0.5, 0.6) is 0 Å². The van der Waals surface area contributed by atoms with E-state index in [-0.39, 0.29) is 11.5 Å². The minimum absolute atomic E-state index is 0.0226. The van der Waals surface area contributed by atoms with Crippen molar-refractivity contribution in [1.29, 1.82) is 5.26 Å². The summed E-state index contributed by atoms with van der Waals surface area (Å²) in [4.78, 5) is 10.8. The molecule has 3 nitrogen and oxygen atoms in total. The van der Waals surface area contributed by atoms with Crippen LogP contribution in [-0.4, -0.2) is 11.1 Å². The first-order chi connectivity index (χ1) is 9.65. The third-order valence-corrected chi connectivity index (χ3v) is 3.15. The fourth-order valence-electron chi connectivity index (χ4n) is 2.06. The molecule has 0 aromatic heterocycles. The second-order valence-electron chi connectivity index (χ2n) is 4.37. The predicted octanol–water partition coefficient (Wildman–Crippen LogP) is 3.57. The summed E-state index contributed by atoms with van der Waals surface area (Å²) in [6.45, 7) is 3.83. The van der Waals surface area contributed by atoms with Gasteiger partial charge in [-0.25, -0.2) is 4.79 Å². The van der Waals surface area contributed by atoms with Crippen molar-refractivity contribution in [1.82, 2.24) is 0 Å². The SMILES string of the molecule is C=CC(c1ccc(C#N)cc1)c1ccc(C(=O)O)cc1. The van der Waals surface area contributed by atoms with E-state index in [9.17, 15) is 4.79 Å². The second kappa shape index (κ2) is 5.85. The molecular weight excluding hydrogens is 250 g/mol. The Bertz CT molecular complexity index is 664. The Balaban J connectivity index is 2.33. The molecule has 0 aliphatic carbocycles. The molecular formula is C17H13NO2. The normalized spacial score (nSPS) is 11.3. The van der Waals surface area contributed by atoms with E-state index in [2.05, 4.69) is 12.6 Å². The van der Waals surface area contributed by atoms with Crippen molar-refractivity contribution in [2.75, 3.05) is 0 Å². The molecule has 1 N–H and O–H groups in total. The van der Waals surface area contributed by atoms with Crippen molar-refractivity contribution in [3.05, 3.63) is 83.4 Å². The third kappa shape index (κ3) is 2.76. The van der Waals surface area contributed by atoms with Gasteiger partial charge in [-0.3, -0.25) is 0 Å². The van der Waals surface area contributed by atoms with Gasteiger partial charge in [0.2, 0.25) is 0 Å². The van der Waals surface area contributed by atoms with Gasteiger partial charge in [0.25, 0.3) is 0 Å². The minimum Gasteiger partial charge on any atom is -0.478 e. The molecule has 0 radical (unpaired) electrons. The molecule has 2 aromatic rings. The van der Waals surface area contributed by atoms with Gasteiger partial charge in [-0.1, -0.05) is 30.3 Å². The maximum Gasteiger partial charge on any atom is 0.335 e. The molecule has 3 heteroatoms. The summed E-state index contributed by atoms with van der Waals surface area (Å²) >= 11 is 0. The number of benzene rings is 2. The first-order valence-corrected chi connectivity index (χ1v) is 6.11. The summed E-state index contributed by atoms with van der Waals surface area (Å²) in [6.07, 6.45) is 1.80. The number of carbonyl (C=O) groups is 1. The summed E-state index contributed by atoms with van der Waals surface area (Å²) in [5, 5.41) is 17.7. The number of nitriles is 1. The molecule has 0 heterocycles. The van der Waals surface area contributed by atoms with Crippen molar-refractivity contribution in [3.63, 3.8) is 0 Å². The molecule has 2 rings (SSSR count). The number of carboxylic acid groups (broad SMARTS) is 1. The number of aromatic carboxylic acids is 1. The predicted molar refractivity (Wildman–Crippen MR) is 76.6 cm³/mol. The van der Waals surface area contributed by atoms with E-state index in [1.165, 1.54) is 0 Å². The monoisotopic (exact) mass is 263 g/mol. The highest BCUT2D eigenvalue weighted by Crippen LogP contribution is 2.26. The molecule has 2 aromatic carbocycles. The van der Waals surface area contributed by atoms with Gasteiger partial charge in [0.1, 0.15) is 0 Å². The van der Waals surface area contributed by atoms with Gasteiger partial charge in [0, 0.05) is 5.92 Å². The maximum absolute atomic E-state index is 10.8. The number of carboxylic acids is 1. The molecule has 0 aliphatic rings.